The van der Waals surface area contributed by atoms with Crippen molar-refractivity contribution in [1.29, 1.82) is 0 Å². The van der Waals surface area contributed by atoms with Gasteiger partial charge in [0.1, 0.15) is 11.8 Å². The van der Waals surface area contributed by atoms with Crippen molar-refractivity contribution in [2.75, 3.05) is 7.05 Å². The lowest BCUT2D eigenvalue weighted by atomic mass is 10.1. The molecule has 1 unspecified atom stereocenters. The predicted octanol–water partition coefficient (Wildman–Crippen LogP) is 1.25. The summed E-state index contributed by atoms with van der Waals surface area (Å²) in [6, 6.07) is 3.68. The van der Waals surface area contributed by atoms with Crippen LogP contribution < -0.4 is 0 Å². The number of rotatable bonds is 3. The number of amides is 1. The zero-order chi connectivity index (χ0) is 13.2. The molecule has 0 aliphatic heterocycles. The number of hydrogen-bond donors (Lipinski definition) is 2. The van der Waals surface area contributed by atoms with Gasteiger partial charge < -0.3 is 15.1 Å². The summed E-state index contributed by atoms with van der Waals surface area (Å²) in [5.74, 6) is -1.75. The first-order chi connectivity index (χ1) is 7.84. The Hall–Kier alpha value is -2.04. The van der Waals surface area contributed by atoms with Gasteiger partial charge in [-0.15, -0.1) is 0 Å². The van der Waals surface area contributed by atoms with Crippen molar-refractivity contribution in [1.82, 2.24) is 4.90 Å². The normalized spacial score (nSPS) is 11.9. The molecule has 0 radical (unpaired) electrons. The topological polar surface area (TPSA) is 77.8 Å². The fourth-order valence-electron chi connectivity index (χ4n) is 1.35. The van der Waals surface area contributed by atoms with E-state index in [0.717, 1.165) is 10.5 Å². The van der Waals surface area contributed by atoms with Crippen LogP contribution in [-0.4, -0.2) is 40.1 Å². The quantitative estimate of drug-likeness (QED) is 0.829. The lowest BCUT2D eigenvalue weighted by molar-refractivity contribution is -0.141. The molecule has 0 aliphatic rings. The first kappa shape index (κ1) is 13.0. The first-order valence-electron chi connectivity index (χ1n) is 5.14. The van der Waals surface area contributed by atoms with Crippen LogP contribution >= 0.6 is 0 Å². The van der Waals surface area contributed by atoms with Gasteiger partial charge in [-0.2, -0.15) is 0 Å². The number of aliphatic carboxylic acids is 1. The van der Waals surface area contributed by atoms with Crippen LogP contribution in [0.25, 0.3) is 0 Å². The summed E-state index contributed by atoms with van der Waals surface area (Å²) in [6.45, 7) is 3.20. The summed E-state index contributed by atoms with van der Waals surface area (Å²) in [4.78, 5) is 23.8. The maximum atomic E-state index is 12.0. The molecule has 5 nitrogen and oxygen atoms in total. The van der Waals surface area contributed by atoms with Crippen molar-refractivity contribution >= 4 is 11.9 Å². The van der Waals surface area contributed by atoms with Gasteiger partial charge in [-0.25, -0.2) is 4.79 Å². The number of hydrogen-bond acceptors (Lipinski definition) is 3. The number of aromatic hydroxyl groups is 1. The van der Waals surface area contributed by atoms with Crippen LogP contribution in [0.1, 0.15) is 22.8 Å². The smallest absolute Gasteiger partial charge is 0.326 e. The number of phenolic OH excluding ortho intramolecular Hbond substituents is 1. The highest BCUT2D eigenvalue weighted by molar-refractivity contribution is 5.98. The highest BCUT2D eigenvalue weighted by atomic mass is 16.4. The molecule has 5 heteroatoms. The molecular formula is C12H15NO4. The van der Waals surface area contributed by atoms with Crippen LogP contribution in [-0.2, 0) is 4.79 Å². The molecule has 0 spiro atoms. The second kappa shape index (κ2) is 4.86. The number of phenols is 1. The Morgan fingerprint density at radius 1 is 1.35 bits per heavy atom. The molecule has 1 atom stereocenters. The third kappa shape index (κ3) is 2.75. The van der Waals surface area contributed by atoms with Crippen LogP contribution in [0.3, 0.4) is 0 Å². The van der Waals surface area contributed by atoms with E-state index in [1.807, 2.05) is 0 Å². The van der Waals surface area contributed by atoms with Crippen molar-refractivity contribution in [2.24, 2.45) is 0 Å². The van der Waals surface area contributed by atoms with Gasteiger partial charge in [0.05, 0.1) is 5.56 Å². The number of carboxylic acid groups (broad SMARTS) is 1. The van der Waals surface area contributed by atoms with E-state index in [0.29, 0.717) is 0 Å². The Morgan fingerprint density at radius 3 is 2.47 bits per heavy atom. The average molecular weight is 237 g/mol. The SMILES string of the molecule is Cc1ccc(O)c(C(=O)N(C)C(C)C(=O)O)c1. The number of carbonyl (C=O) groups is 2. The van der Waals surface area contributed by atoms with Gasteiger partial charge in [-0.1, -0.05) is 11.6 Å². The standard InChI is InChI=1S/C12H15NO4/c1-7-4-5-10(14)9(6-7)11(15)13(3)8(2)12(16)17/h4-6,8,14H,1-3H3,(H,16,17). The van der Waals surface area contributed by atoms with E-state index < -0.39 is 17.9 Å². The van der Waals surface area contributed by atoms with Gasteiger partial charge >= 0.3 is 5.97 Å². The van der Waals surface area contributed by atoms with Crippen LogP contribution in [0.5, 0.6) is 5.75 Å². The fraction of sp³-hybridized carbons (Fsp3) is 0.333. The molecular weight excluding hydrogens is 222 g/mol. The van der Waals surface area contributed by atoms with E-state index in [4.69, 9.17) is 5.11 Å². The van der Waals surface area contributed by atoms with Crippen LogP contribution in [0.15, 0.2) is 18.2 Å². The summed E-state index contributed by atoms with van der Waals surface area (Å²) >= 11 is 0. The summed E-state index contributed by atoms with van der Waals surface area (Å²) in [6.07, 6.45) is 0. The van der Waals surface area contributed by atoms with Gasteiger partial charge in [0.2, 0.25) is 0 Å². The number of benzene rings is 1. The van der Waals surface area contributed by atoms with Crippen molar-refractivity contribution in [3.63, 3.8) is 0 Å². The second-order valence-corrected chi connectivity index (χ2v) is 3.95. The minimum absolute atomic E-state index is 0.112. The summed E-state index contributed by atoms with van der Waals surface area (Å²) in [7, 11) is 1.39. The van der Waals surface area contributed by atoms with Gasteiger partial charge in [0.15, 0.2) is 0 Å². The summed E-state index contributed by atoms with van der Waals surface area (Å²) < 4.78 is 0. The molecule has 1 aromatic carbocycles. The molecule has 1 rings (SSSR count). The zero-order valence-corrected chi connectivity index (χ0v) is 9.97. The zero-order valence-electron chi connectivity index (χ0n) is 9.97. The highest BCUT2D eigenvalue weighted by Gasteiger charge is 2.24. The summed E-state index contributed by atoms with van der Waals surface area (Å²) in [5.41, 5.74) is 0.933. The van der Waals surface area contributed by atoms with E-state index in [9.17, 15) is 14.7 Å². The first-order valence-corrected chi connectivity index (χ1v) is 5.14. The molecule has 1 amide bonds. The molecule has 0 heterocycles. The van der Waals surface area contributed by atoms with E-state index in [1.54, 1.807) is 13.0 Å². The number of likely N-dealkylation sites (N-methyl/N-ethyl adjacent to an activating group) is 1. The molecule has 0 saturated heterocycles. The van der Waals surface area contributed by atoms with Gasteiger partial charge in [0, 0.05) is 7.05 Å². The molecule has 0 bridgehead atoms. The predicted molar refractivity (Wildman–Crippen MR) is 62.0 cm³/mol. The fourth-order valence-corrected chi connectivity index (χ4v) is 1.35. The summed E-state index contributed by atoms with van der Waals surface area (Å²) in [5, 5.41) is 18.4. The van der Waals surface area contributed by atoms with Gasteiger partial charge in [-0.05, 0) is 26.0 Å². The van der Waals surface area contributed by atoms with Crippen molar-refractivity contribution in [3.8, 4) is 5.75 Å². The minimum Gasteiger partial charge on any atom is -0.507 e. The van der Waals surface area contributed by atoms with Gasteiger partial charge in [0.25, 0.3) is 5.91 Å². The maximum absolute atomic E-state index is 12.0. The van der Waals surface area contributed by atoms with Crippen LogP contribution in [0, 0.1) is 6.92 Å². The Balaban J connectivity index is 3.04. The van der Waals surface area contributed by atoms with E-state index in [1.165, 1.54) is 26.1 Å². The largest absolute Gasteiger partial charge is 0.507 e. The second-order valence-electron chi connectivity index (χ2n) is 3.95. The monoisotopic (exact) mass is 237 g/mol. The Kier molecular flexibility index (Phi) is 3.73. The van der Waals surface area contributed by atoms with E-state index >= 15 is 0 Å². The maximum Gasteiger partial charge on any atom is 0.326 e. The molecule has 92 valence electrons. The van der Waals surface area contributed by atoms with Crippen LogP contribution in [0.4, 0.5) is 0 Å². The lowest BCUT2D eigenvalue weighted by Gasteiger charge is -2.22. The van der Waals surface area contributed by atoms with Crippen molar-refractivity contribution in [2.45, 2.75) is 19.9 Å². The third-order valence-corrected chi connectivity index (χ3v) is 2.64. The molecule has 1 aromatic rings. The number of carbonyl (C=O) groups excluding carboxylic acids is 1. The Morgan fingerprint density at radius 2 is 1.94 bits per heavy atom. The Bertz CT molecular complexity index is 456. The van der Waals surface area contributed by atoms with Crippen molar-refractivity contribution in [3.05, 3.63) is 29.3 Å². The Labute approximate surface area is 99.3 Å². The average Bonchev–Trinajstić information content (AvgIpc) is 2.29. The van der Waals surface area contributed by atoms with Crippen molar-refractivity contribution < 1.29 is 19.8 Å². The van der Waals surface area contributed by atoms with Crippen LogP contribution in [0.2, 0.25) is 0 Å². The molecule has 0 saturated carbocycles. The molecule has 0 aliphatic carbocycles. The molecule has 17 heavy (non-hydrogen) atoms. The number of carboxylic acids is 1. The van der Waals surface area contributed by atoms with Gasteiger partial charge in [-0.3, -0.25) is 4.79 Å². The number of aryl methyl sites for hydroxylation is 1. The minimum atomic E-state index is -1.09. The third-order valence-electron chi connectivity index (χ3n) is 2.64. The molecule has 2 N–H and O–H groups in total. The molecule has 0 aromatic heterocycles. The van der Waals surface area contributed by atoms with E-state index in [-0.39, 0.29) is 11.3 Å². The molecule has 0 fully saturated rings. The lowest BCUT2D eigenvalue weighted by Crippen LogP contribution is -2.40. The van der Waals surface area contributed by atoms with E-state index in [2.05, 4.69) is 0 Å². The highest BCUT2D eigenvalue weighted by Crippen LogP contribution is 2.20. The number of nitrogens with zero attached hydrogens (tertiary/aromatic N) is 1.